The molecule has 1 amide bonds. The molecule has 116 valence electrons. The summed E-state index contributed by atoms with van der Waals surface area (Å²) in [7, 11) is 1.83. The number of hydrogen-bond acceptors (Lipinski definition) is 6. The maximum atomic E-state index is 12.4. The topological polar surface area (TPSA) is 79.4 Å². The van der Waals surface area contributed by atoms with Crippen LogP contribution in [0.15, 0.2) is 6.33 Å². The van der Waals surface area contributed by atoms with Crippen LogP contribution in [-0.4, -0.2) is 60.2 Å². The third-order valence-corrected chi connectivity index (χ3v) is 3.58. The third kappa shape index (κ3) is 3.60. The van der Waals surface area contributed by atoms with Crippen LogP contribution < -0.4 is 10.6 Å². The first-order valence-corrected chi connectivity index (χ1v) is 7.32. The van der Waals surface area contributed by atoms with Gasteiger partial charge in [0.1, 0.15) is 24.0 Å². The van der Waals surface area contributed by atoms with Crippen LogP contribution in [0.3, 0.4) is 0 Å². The number of ether oxygens (including phenoxy) is 1. The van der Waals surface area contributed by atoms with Gasteiger partial charge in [0.15, 0.2) is 0 Å². The van der Waals surface area contributed by atoms with E-state index in [1.807, 2.05) is 25.8 Å². The molecule has 0 aromatic carbocycles. The van der Waals surface area contributed by atoms with Crippen molar-refractivity contribution in [1.82, 2.24) is 14.9 Å². The number of nitrogens with zero attached hydrogens (tertiary/aromatic N) is 3. The number of rotatable bonds is 5. The van der Waals surface area contributed by atoms with Crippen molar-refractivity contribution in [2.45, 2.75) is 26.3 Å². The Morgan fingerprint density at radius 2 is 2.05 bits per heavy atom. The summed E-state index contributed by atoms with van der Waals surface area (Å²) in [5.41, 5.74) is 0.988. The van der Waals surface area contributed by atoms with Crippen LogP contribution >= 0.6 is 0 Å². The van der Waals surface area contributed by atoms with Gasteiger partial charge in [0, 0.05) is 25.7 Å². The summed E-state index contributed by atoms with van der Waals surface area (Å²) in [6, 6.07) is -0.326. The predicted molar refractivity (Wildman–Crippen MR) is 81.4 cm³/mol. The van der Waals surface area contributed by atoms with Gasteiger partial charge in [-0.15, -0.1) is 0 Å². The molecule has 1 atom stereocenters. The van der Waals surface area contributed by atoms with Crippen molar-refractivity contribution < 1.29 is 9.53 Å². The van der Waals surface area contributed by atoms with Gasteiger partial charge in [-0.2, -0.15) is 0 Å². The molecular weight excluding hydrogens is 270 g/mol. The van der Waals surface area contributed by atoms with E-state index in [1.165, 1.54) is 6.33 Å². The van der Waals surface area contributed by atoms with Crippen LogP contribution in [0.5, 0.6) is 0 Å². The summed E-state index contributed by atoms with van der Waals surface area (Å²) in [6.45, 7) is 6.41. The van der Waals surface area contributed by atoms with Crippen LogP contribution in [0.2, 0.25) is 0 Å². The standard InChI is InChI=1S/C14H23N5O2/c1-4-11-12(15-3)16-9-17-13(11)18-10(2)14(20)19-5-7-21-8-6-19/h9-10H,4-8H2,1-3H3,(H2,15,16,17,18). The number of nitrogens with one attached hydrogen (secondary N) is 2. The van der Waals surface area contributed by atoms with E-state index in [4.69, 9.17) is 4.74 Å². The number of aromatic nitrogens is 2. The van der Waals surface area contributed by atoms with Gasteiger partial charge in [-0.05, 0) is 13.3 Å². The Morgan fingerprint density at radius 3 is 2.67 bits per heavy atom. The molecule has 0 aliphatic carbocycles. The average Bonchev–Trinajstić information content (AvgIpc) is 2.54. The molecule has 1 saturated heterocycles. The summed E-state index contributed by atoms with van der Waals surface area (Å²) in [5, 5.41) is 6.26. The number of carbonyl (C=O) groups excluding carboxylic acids is 1. The van der Waals surface area contributed by atoms with Crippen LogP contribution in [0.25, 0.3) is 0 Å². The van der Waals surface area contributed by atoms with Gasteiger partial charge in [-0.25, -0.2) is 9.97 Å². The molecule has 2 rings (SSSR count). The zero-order chi connectivity index (χ0) is 15.2. The van der Waals surface area contributed by atoms with Gasteiger partial charge < -0.3 is 20.3 Å². The maximum Gasteiger partial charge on any atom is 0.244 e. The van der Waals surface area contributed by atoms with Gasteiger partial charge in [-0.1, -0.05) is 6.92 Å². The Morgan fingerprint density at radius 1 is 1.38 bits per heavy atom. The molecule has 1 aliphatic heterocycles. The molecule has 2 N–H and O–H groups in total. The molecule has 2 heterocycles. The van der Waals surface area contributed by atoms with Crippen LogP contribution in [0, 0.1) is 0 Å². The molecule has 21 heavy (non-hydrogen) atoms. The normalized spacial score (nSPS) is 16.4. The molecule has 0 saturated carbocycles. The summed E-state index contributed by atoms with van der Waals surface area (Å²) in [5.74, 6) is 1.58. The number of hydrogen-bond donors (Lipinski definition) is 2. The Bertz CT molecular complexity index is 488. The van der Waals surface area contributed by atoms with Gasteiger partial charge >= 0.3 is 0 Å². The van der Waals surface area contributed by atoms with Gasteiger partial charge in [0.2, 0.25) is 5.91 Å². The predicted octanol–water partition coefficient (Wildman–Crippen LogP) is 0.740. The second-order valence-electron chi connectivity index (χ2n) is 4.96. The molecule has 7 heteroatoms. The highest BCUT2D eigenvalue weighted by molar-refractivity contribution is 5.84. The fourth-order valence-electron chi connectivity index (χ4n) is 2.41. The zero-order valence-electron chi connectivity index (χ0n) is 12.8. The second kappa shape index (κ2) is 7.21. The first kappa shape index (κ1) is 15.5. The Hall–Kier alpha value is -1.89. The van der Waals surface area contributed by atoms with Crippen molar-refractivity contribution >= 4 is 17.5 Å². The fraction of sp³-hybridized carbons (Fsp3) is 0.643. The highest BCUT2D eigenvalue weighted by Gasteiger charge is 2.23. The van der Waals surface area contributed by atoms with E-state index < -0.39 is 0 Å². The SMILES string of the molecule is CCc1c(NC)ncnc1NC(C)C(=O)N1CCOCC1. The molecule has 7 nitrogen and oxygen atoms in total. The van der Waals surface area contributed by atoms with E-state index in [2.05, 4.69) is 20.6 Å². The lowest BCUT2D eigenvalue weighted by atomic mass is 10.2. The third-order valence-electron chi connectivity index (χ3n) is 3.58. The van der Waals surface area contributed by atoms with Gasteiger partial charge in [0.25, 0.3) is 0 Å². The van der Waals surface area contributed by atoms with Crippen LogP contribution in [0.4, 0.5) is 11.6 Å². The smallest absolute Gasteiger partial charge is 0.244 e. The molecule has 1 unspecified atom stereocenters. The lowest BCUT2D eigenvalue weighted by Gasteiger charge is -2.29. The van der Waals surface area contributed by atoms with Crippen molar-refractivity contribution in [3.63, 3.8) is 0 Å². The van der Waals surface area contributed by atoms with Crippen molar-refractivity contribution in [2.24, 2.45) is 0 Å². The summed E-state index contributed by atoms with van der Waals surface area (Å²) in [4.78, 5) is 22.7. The quantitative estimate of drug-likeness (QED) is 0.833. The van der Waals surface area contributed by atoms with E-state index in [0.29, 0.717) is 32.1 Å². The van der Waals surface area contributed by atoms with Crippen LogP contribution in [0.1, 0.15) is 19.4 Å². The van der Waals surface area contributed by atoms with Gasteiger partial charge in [0.05, 0.1) is 13.2 Å². The van der Waals surface area contributed by atoms with E-state index in [1.54, 1.807) is 0 Å². The minimum absolute atomic E-state index is 0.0740. The molecule has 1 aromatic heterocycles. The minimum atomic E-state index is -0.326. The van der Waals surface area contributed by atoms with Crippen molar-refractivity contribution in [3.05, 3.63) is 11.9 Å². The molecule has 0 radical (unpaired) electrons. The Balaban J connectivity index is 2.08. The first-order valence-electron chi connectivity index (χ1n) is 7.32. The van der Waals surface area contributed by atoms with Crippen molar-refractivity contribution in [2.75, 3.05) is 44.0 Å². The highest BCUT2D eigenvalue weighted by atomic mass is 16.5. The second-order valence-corrected chi connectivity index (χ2v) is 4.96. The fourth-order valence-corrected chi connectivity index (χ4v) is 2.41. The van der Waals surface area contributed by atoms with E-state index >= 15 is 0 Å². The van der Waals surface area contributed by atoms with Gasteiger partial charge in [-0.3, -0.25) is 4.79 Å². The largest absolute Gasteiger partial charge is 0.378 e. The molecule has 1 aromatic rings. The monoisotopic (exact) mass is 293 g/mol. The van der Waals surface area contributed by atoms with Crippen LogP contribution in [-0.2, 0) is 16.0 Å². The maximum absolute atomic E-state index is 12.4. The molecule has 1 aliphatic rings. The molecule has 1 fully saturated rings. The number of amides is 1. The number of carbonyl (C=O) groups is 1. The summed E-state index contributed by atoms with van der Waals surface area (Å²) < 4.78 is 5.27. The van der Waals surface area contributed by atoms with Crippen molar-refractivity contribution in [1.29, 1.82) is 0 Å². The Kier molecular flexibility index (Phi) is 5.32. The Labute approximate surface area is 125 Å². The van der Waals surface area contributed by atoms with E-state index in [0.717, 1.165) is 17.8 Å². The summed E-state index contributed by atoms with van der Waals surface area (Å²) >= 11 is 0. The summed E-state index contributed by atoms with van der Waals surface area (Å²) in [6.07, 6.45) is 2.29. The molecule has 0 bridgehead atoms. The average molecular weight is 293 g/mol. The van der Waals surface area contributed by atoms with E-state index in [9.17, 15) is 4.79 Å². The minimum Gasteiger partial charge on any atom is -0.378 e. The zero-order valence-corrected chi connectivity index (χ0v) is 12.8. The van der Waals surface area contributed by atoms with Crippen molar-refractivity contribution in [3.8, 4) is 0 Å². The number of anilines is 2. The lowest BCUT2D eigenvalue weighted by molar-refractivity contribution is -0.135. The molecular formula is C14H23N5O2. The lowest BCUT2D eigenvalue weighted by Crippen LogP contribution is -2.47. The number of morpholine rings is 1. The first-order chi connectivity index (χ1) is 10.2. The van der Waals surface area contributed by atoms with E-state index in [-0.39, 0.29) is 11.9 Å². The molecule has 0 spiro atoms. The highest BCUT2D eigenvalue weighted by Crippen LogP contribution is 2.20.